The second kappa shape index (κ2) is 10.4. The van der Waals surface area contributed by atoms with Gasteiger partial charge in [0.25, 0.3) is 0 Å². The van der Waals surface area contributed by atoms with Gasteiger partial charge in [-0.3, -0.25) is 0 Å². The van der Waals surface area contributed by atoms with Gasteiger partial charge in [-0.2, -0.15) is 5.26 Å². The Morgan fingerprint density at radius 2 is 1.33 bits per heavy atom. The Hall–Kier alpha value is -4.39. The predicted octanol–water partition coefficient (Wildman–Crippen LogP) is 5.11. The largest absolute Gasteiger partial charge is 0.493 e. The summed E-state index contributed by atoms with van der Waals surface area (Å²) < 4.78 is 22.2. The molecule has 5 rings (SSSR count). The van der Waals surface area contributed by atoms with Crippen molar-refractivity contribution in [2.45, 2.75) is 32.7 Å². The molecule has 3 heterocycles. The number of nitrogens with zero attached hydrogens (tertiary/aromatic N) is 6. The summed E-state index contributed by atoms with van der Waals surface area (Å²) in [4.78, 5) is 20.8. The lowest BCUT2D eigenvalue weighted by atomic mass is 9.72. The number of ether oxygens (including phenoxy) is 4. The van der Waals surface area contributed by atoms with Crippen LogP contribution in [0.1, 0.15) is 38.4 Å². The maximum atomic E-state index is 9.97. The van der Waals surface area contributed by atoms with E-state index in [0.717, 1.165) is 39.7 Å². The molecule has 0 amide bonds. The lowest BCUT2D eigenvalue weighted by Crippen LogP contribution is -2.42. The smallest absolute Gasteiger partial charge is 0.162 e. The number of hydrogen-bond donors (Lipinski definition) is 0. The van der Waals surface area contributed by atoms with Gasteiger partial charge in [-0.05, 0) is 44.7 Å². The molecule has 2 unspecified atom stereocenters. The molecule has 1 aliphatic rings. The summed E-state index contributed by atoms with van der Waals surface area (Å²) in [6.07, 6.45) is 4.68. The number of aromatic nitrogens is 4. The molecule has 202 valence electrons. The molecule has 10 heteroatoms. The van der Waals surface area contributed by atoms with Crippen LogP contribution in [0.5, 0.6) is 23.0 Å². The van der Waals surface area contributed by atoms with Gasteiger partial charge in [0, 0.05) is 29.4 Å². The molecule has 0 aliphatic carbocycles. The first-order valence-electron chi connectivity index (χ1n) is 12.8. The van der Waals surface area contributed by atoms with Gasteiger partial charge in [0.05, 0.1) is 62.7 Å². The molecule has 1 fully saturated rings. The van der Waals surface area contributed by atoms with Gasteiger partial charge in [-0.1, -0.05) is 0 Å². The van der Waals surface area contributed by atoms with E-state index >= 15 is 0 Å². The minimum atomic E-state index is -0.502. The number of hydrogen-bond acceptors (Lipinski definition) is 10. The van der Waals surface area contributed by atoms with E-state index in [-0.39, 0.29) is 12.0 Å². The highest BCUT2D eigenvalue weighted by atomic mass is 16.5. The summed E-state index contributed by atoms with van der Waals surface area (Å²) in [5.41, 5.74) is 1.83. The van der Waals surface area contributed by atoms with E-state index < -0.39 is 5.41 Å². The van der Waals surface area contributed by atoms with Gasteiger partial charge < -0.3 is 23.8 Å². The Kier molecular flexibility index (Phi) is 7.00. The Morgan fingerprint density at radius 3 is 1.92 bits per heavy atom. The number of fused-ring (bicyclic) bond motifs is 2. The summed E-state index contributed by atoms with van der Waals surface area (Å²) in [6, 6.07) is 9.89. The Bertz CT molecular complexity index is 1570. The minimum Gasteiger partial charge on any atom is -0.493 e. The highest BCUT2D eigenvalue weighted by Gasteiger charge is 2.40. The summed E-state index contributed by atoms with van der Waals surface area (Å²) in [5.74, 6) is 3.32. The number of nitriles is 1. The molecular weight excluding hydrogens is 496 g/mol. The van der Waals surface area contributed by atoms with Crippen molar-refractivity contribution in [1.29, 1.82) is 5.26 Å². The normalized spacial score (nSPS) is 17.6. The van der Waals surface area contributed by atoms with Crippen molar-refractivity contribution in [2.75, 3.05) is 39.9 Å². The van der Waals surface area contributed by atoms with Crippen LogP contribution in [0.4, 0.5) is 5.82 Å². The van der Waals surface area contributed by atoms with Gasteiger partial charge in [0.2, 0.25) is 0 Å². The third-order valence-electron chi connectivity index (χ3n) is 7.79. The molecule has 1 aliphatic heterocycles. The molecule has 1 saturated heterocycles. The topological polar surface area (TPSA) is 116 Å². The molecule has 0 bridgehead atoms. The zero-order valence-corrected chi connectivity index (χ0v) is 23.1. The molecular formula is C29H32N6O4. The fourth-order valence-electron chi connectivity index (χ4n) is 5.49. The van der Waals surface area contributed by atoms with Crippen LogP contribution in [-0.2, 0) is 0 Å². The average molecular weight is 529 g/mol. The van der Waals surface area contributed by atoms with Gasteiger partial charge in [-0.25, -0.2) is 19.9 Å². The molecule has 2 aromatic heterocycles. The SMILES string of the molecule is COc1cc2ncnc(C3CC(C(C)(C)C#N)CCN3c3ncnc4cc(OC)c(OC)cc34)c2cc1OC. The highest BCUT2D eigenvalue weighted by Crippen LogP contribution is 2.47. The number of anilines is 1. The second-order valence-corrected chi connectivity index (χ2v) is 10.2. The lowest BCUT2D eigenvalue weighted by Gasteiger charge is -2.43. The third kappa shape index (κ3) is 4.58. The zero-order chi connectivity index (χ0) is 27.7. The average Bonchev–Trinajstić information content (AvgIpc) is 2.98. The highest BCUT2D eigenvalue weighted by molar-refractivity contribution is 5.93. The van der Waals surface area contributed by atoms with E-state index in [0.29, 0.717) is 36.0 Å². The van der Waals surface area contributed by atoms with Crippen molar-refractivity contribution < 1.29 is 18.9 Å². The summed E-state index contributed by atoms with van der Waals surface area (Å²) >= 11 is 0. The van der Waals surface area contributed by atoms with Crippen molar-refractivity contribution >= 4 is 27.6 Å². The van der Waals surface area contributed by atoms with Crippen LogP contribution in [0.3, 0.4) is 0 Å². The molecule has 0 radical (unpaired) electrons. The third-order valence-corrected chi connectivity index (χ3v) is 7.79. The monoisotopic (exact) mass is 528 g/mol. The first-order valence-corrected chi connectivity index (χ1v) is 12.8. The summed E-state index contributed by atoms with van der Waals surface area (Å²) in [7, 11) is 6.43. The van der Waals surface area contributed by atoms with Crippen molar-refractivity contribution in [3.05, 3.63) is 42.6 Å². The number of rotatable bonds is 7. The fraction of sp³-hybridized carbons (Fsp3) is 0.414. The van der Waals surface area contributed by atoms with Crippen LogP contribution in [0.2, 0.25) is 0 Å². The number of piperidine rings is 1. The van der Waals surface area contributed by atoms with Crippen LogP contribution < -0.4 is 23.8 Å². The van der Waals surface area contributed by atoms with Crippen molar-refractivity contribution in [3.8, 4) is 29.1 Å². The molecule has 39 heavy (non-hydrogen) atoms. The van der Waals surface area contributed by atoms with E-state index in [1.807, 2.05) is 38.1 Å². The van der Waals surface area contributed by atoms with Crippen molar-refractivity contribution in [2.24, 2.45) is 11.3 Å². The minimum absolute atomic E-state index is 0.150. The molecule has 2 aromatic carbocycles. The molecule has 10 nitrogen and oxygen atoms in total. The number of methoxy groups -OCH3 is 4. The predicted molar refractivity (Wildman–Crippen MR) is 147 cm³/mol. The molecule has 0 saturated carbocycles. The quantitative estimate of drug-likeness (QED) is 0.320. The number of benzene rings is 2. The first-order chi connectivity index (χ1) is 18.8. The fourth-order valence-corrected chi connectivity index (χ4v) is 5.49. The maximum Gasteiger partial charge on any atom is 0.162 e. The van der Waals surface area contributed by atoms with Gasteiger partial charge in [0.15, 0.2) is 23.0 Å². The molecule has 0 N–H and O–H groups in total. The summed E-state index contributed by atoms with van der Waals surface area (Å²) in [5, 5.41) is 11.7. The zero-order valence-electron chi connectivity index (χ0n) is 23.1. The van der Waals surface area contributed by atoms with Gasteiger partial charge in [-0.15, -0.1) is 0 Å². The Balaban J connectivity index is 1.72. The van der Waals surface area contributed by atoms with Crippen molar-refractivity contribution in [3.63, 3.8) is 0 Å². The molecule has 2 atom stereocenters. The van der Waals surface area contributed by atoms with Crippen LogP contribution >= 0.6 is 0 Å². The van der Waals surface area contributed by atoms with Crippen molar-refractivity contribution in [1.82, 2.24) is 19.9 Å². The van der Waals surface area contributed by atoms with E-state index in [9.17, 15) is 5.26 Å². The lowest BCUT2D eigenvalue weighted by molar-refractivity contribution is 0.211. The standard InChI is InChI=1S/C29H32N6O4/c1-29(2,14-30)17-7-8-35(28-19-11-24(37-4)26(39-6)13-21(19)32-16-34-28)22(9-17)27-18-10-23(36-3)25(38-5)12-20(18)31-15-33-27/h10-13,15-17,22H,7-9H2,1-6H3. The first kappa shape index (κ1) is 26.2. The van der Waals surface area contributed by atoms with E-state index in [2.05, 4.69) is 20.9 Å². The summed E-state index contributed by atoms with van der Waals surface area (Å²) in [6.45, 7) is 4.70. The van der Waals surface area contributed by atoms with Crippen LogP contribution in [0.15, 0.2) is 36.9 Å². The second-order valence-electron chi connectivity index (χ2n) is 10.2. The Labute approximate surface area is 227 Å². The van der Waals surface area contributed by atoms with Gasteiger partial charge >= 0.3 is 0 Å². The van der Waals surface area contributed by atoms with Crippen LogP contribution in [-0.4, -0.2) is 54.9 Å². The molecule has 0 spiro atoms. The van der Waals surface area contributed by atoms with E-state index in [1.54, 1.807) is 41.1 Å². The van der Waals surface area contributed by atoms with E-state index in [4.69, 9.17) is 28.9 Å². The van der Waals surface area contributed by atoms with Crippen LogP contribution in [0, 0.1) is 22.7 Å². The van der Waals surface area contributed by atoms with Crippen LogP contribution in [0.25, 0.3) is 21.8 Å². The Morgan fingerprint density at radius 1 is 0.795 bits per heavy atom. The van der Waals surface area contributed by atoms with E-state index in [1.165, 1.54) is 0 Å². The maximum absolute atomic E-state index is 9.97. The molecule has 4 aromatic rings. The van der Waals surface area contributed by atoms with Gasteiger partial charge in [0.1, 0.15) is 18.5 Å².